The van der Waals surface area contributed by atoms with E-state index in [1.54, 1.807) is 6.92 Å². The summed E-state index contributed by atoms with van der Waals surface area (Å²) in [6.45, 7) is 11.4. The van der Waals surface area contributed by atoms with E-state index in [0.717, 1.165) is 0 Å². The summed E-state index contributed by atoms with van der Waals surface area (Å²) in [4.78, 5) is 22.6. The van der Waals surface area contributed by atoms with Gasteiger partial charge in [-0.2, -0.15) is 0 Å². The van der Waals surface area contributed by atoms with Crippen molar-refractivity contribution in [1.29, 1.82) is 0 Å². The third-order valence-corrected chi connectivity index (χ3v) is 2.39. The normalized spacial score (nSPS) is 13.4. The summed E-state index contributed by atoms with van der Waals surface area (Å²) in [6, 6.07) is 0. The molecule has 0 aliphatic heterocycles. The van der Waals surface area contributed by atoms with Crippen LogP contribution in [0.15, 0.2) is 24.3 Å². The van der Waals surface area contributed by atoms with Crippen LogP contribution in [0.1, 0.15) is 20.8 Å². The summed E-state index contributed by atoms with van der Waals surface area (Å²) in [7, 11) is 0. The highest BCUT2D eigenvalue weighted by atomic mass is 35.5. The van der Waals surface area contributed by atoms with Crippen LogP contribution < -0.4 is 0 Å². The molecule has 0 spiro atoms. The molecule has 17 heavy (non-hydrogen) atoms. The maximum atomic E-state index is 11.4. The minimum atomic E-state index is -1.07. The molecule has 0 radical (unpaired) electrons. The lowest BCUT2D eigenvalue weighted by Gasteiger charge is -2.26. The fraction of sp³-hybridized carbons (Fsp3) is 0.500. The van der Waals surface area contributed by atoms with Gasteiger partial charge in [0.05, 0.1) is 5.88 Å². The fourth-order valence-corrected chi connectivity index (χ4v) is 0.879. The van der Waals surface area contributed by atoms with Gasteiger partial charge in [-0.3, -0.25) is 0 Å². The molecule has 0 N–H and O–H groups in total. The zero-order chi connectivity index (χ0) is 13.6. The van der Waals surface area contributed by atoms with Crippen LogP contribution >= 0.6 is 11.6 Å². The molecule has 0 heterocycles. The van der Waals surface area contributed by atoms with Crippen LogP contribution in [0.2, 0.25) is 0 Å². The molecule has 0 aromatic heterocycles. The Labute approximate surface area is 106 Å². The third-order valence-electron chi connectivity index (χ3n) is 1.83. The Balaban J connectivity index is 4.48. The smallest absolute Gasteiger partial charge is 0.333 e. The average molecular weight is 261 g/mol. The molecule has 0 aliphatic rings. The van der Waals surface area contributed by atoms with Crippen LogP contribution in [-0.2, 0) is 19.1 Å². The summed E-state index contributed by atoms with van der Waals surface area (Å²) in [5.74, 6) is -1.11. The molecule has 0 rings (SSSR count). The Hall–Kier alpha value is -1.29. The van der Waals surface area contributed by atoms with Crippen molar-refractivity contribution in [3.63, 3.8) is 0 Å². The van der Waals surface area contributed by atoms with Gasteiger partial charge in [0.1, 0.15) is 6.61 Å². The van der Waals surface area contributed by atoms with Gasteiger partial charge in [-0.15, -0.1) is 11.6 Å². The fourth-order valence-electron chi connectivity index (χ4n) is 0.748. The van der Waals surface area contributed by atoms with Gasteiger partial charge in [-0.1, -0.05) is 13.2 Å². The van der Waals surface area contributed by atoms with Gasteiger partial charge in [-0.25, -0.2) is 9.59 Å². The van der Waals surface area contributed by atoms with Crippen LogP contribution in [0, 0.1) is 0 Å². The van der Waals surface area contributed by atoms with Gasteiger partial charge in [0.25, 0.3) is 0 Å². The first-order valence-corrected chi connectivity index (χ1v) is 5.53. The van der Waals surface area contributed by atoms with Crippen LogP contribution in [0.3, 0.4) is 0 Å². The lowest BCUT2D eigenvalue weighted by Crippen LogP contribution is -2.39. The second kappa shape index (κ2) is 6.45. The van der Waals surface area contributed by atoms with E-state index in [9.17, 15) is 9.59 Å². The number of carbonyl (C=O) groups is 2. The zero-order valence-corrected chi connectivity index (χ0v) is 11.1. The number of carbonyl (C=O) groups excluding carboxylic acids is 2. The summed E-state index contributed by atoms with van der Waals surface area (Å²) >= 11 is 5.70. The van der Waals surface area contributed by atoms with Crippen LogP contribution in [0.25, 0.3) is 0 Å². The van der Waals surface area contributed by atoms with Crippen molar-refractivity contribution in [2.75, 3.05) is 12.5 Å². The minimum absolute atomic E-state index is 0.00942. The molecule has 0 fully saturated rings. The highest BCUT2D eigenvalue weighted by Crippen LogP contribution is 2.16. The number of halogens is 1. The molecule has 0 bridgehead atoms. The molecule has 0 aromatic carbocycles. The zero-order valence-electron chi connectivity index (χ0n) is 10.3. The second-order valence-corrected chi connectivity index (χ2v) is 4.38. The first kappa shape index (κ1) is 15.7. The number of ether oxygens (including phenoxy) is 2. The molecule has 4 nitrogen and oxygen atoms in total. The monoisotopic (exact) mass is 260 g/mol. The summed E-state index contributed by atoms with van der Waals surface area (Å²) in [5, 5.41) is 0. The van der Waals surface area contributed by atoms with E-state index >= 15 is 0 Å². The Morgan fingerprint density at radius 2 is 1.65 bits per heavy atom. The summed E-state index contributed by atoms with van der Waals surface area (Å²) in [5.41, 5.74) is -0.538. The van der Waals surface area contributed by atoms with E-state index in [4.69, 9.17) is 21.1 Å². The molecular weight excluding hydrogens is 244 g/mol. The van der Waals surface area contributed by atoms with Crippen LogP contribution in [0.5, 0.6) is 0 Å². The van der Waals surface area contributed by atoms with E-state index in [1.165, 1.54) is 13.8 Å². The van der Waals surface area contributed by atoms with Gasteiger partial charge < -0.3 is 9.47 Å². The van der Waals surface area contributed by atoms with Gasteiger partial charge >= 0.3 is 11.9 Å². The van der Waals surface area contributed by atoms with Crippen molar-refractivity contribution in [1.82, 2.24) is 0 Å². The van der Waals surface area contributed by atoms with E-state index in [1.807, 2.05) is 0 Å². The second-order valence-electron chi connectivity index (χ2n) is 4.11. The molecule has 0 amide bonds. The quantitative estimate of drug-likeness (QED) is 0.417. The van der Waals surface area contributed by atoms with E-state index in [-0.39, 0.29) is 23.6 Å². The maximum Gasteiger partial charge on any atom is 0.333 e. The highest BCUT2D eigenvalue weighted by molar-refractivity contribution is 6.18. The molecule has 0 aliphatic carbocycles. The third kappa shape index (κ3) is 5.54. The van der Waals surface area contributed by atoms with Gasteiger partial charge in [0.15, 0.2) is 5.60 Å². The topological polar surface area (TPSA) is 52.6 Å². The average Bonchev–Trinajstić information content (AvgIpc) is 2.25. The van der Waals surface area contributed by atoms with Crippen LogP contribution in [-0.4, -0.2) is 30.0 Å². The number of rotatable bonds is 6. The Morgan fingerprint density at radius 3 is 2.00 bits per heavy atom. The lowest BCUT2D eigenvalue weighted by atomic mass is 10.1. The molecule has 0 saturated heterocycles. The van der Waals surface area contributed by atoms with E-state index < -0.39 is 17.5 Å². The number of alkyl halides is 1. The molecular formula is C12H17ClO4. The van der Waals surface area contributed by atoms with Crippen molar-refractivity contribution >= 4 is 23.5 Å². The Morgan fingerprint density at radius 1 is 1.18 bits per heavy atom. The summed E-state index contributed by atoms with van der Waals surface area (Å²) in [6.07, 6.45) is 0. The van der Waals surface area contributed by atoms with Crippen molar-refractivity contribution in [2.45, 2.75) is 26.4 Å². The summed E-state index contributed by atoms with van der Waals surface area (Å²) < 4.78 is 10.0. The van der Waals surface area contributed by atoms with Crippen LogP contribution in [0.4, 0.5) is 0 Å². The van der Waals surface area contributed by atoms with Gasteiger partial charge in [0, 0.05) is 11.1 Å². The first-order valence-electron chi connectivity index (χ1n) is 4.99. The number of esters is 2. The largest absolute Gasteiger partial charge is 0.458 e. The predicted octanol–water partition coefficient (Wildman–Crippen LogP) is 2.22. The molecule has 1 atom stereocenters. The van der Waals surface area contributed by atoms with E-state index in [2.05, 4.69) is 13.2 Å². The lowest BCUT2D eigenvalue weighted by molar-refractivity contribution is -0.162. The molecule has 0 saturated carbocycles. The standard InChI is InChI=1S/C12H17ClO4/c1-8(2)10(14)16-7-12(5,6-13)17-11(15)9(3)4/h1,3,6-7H2,2,4-5H3. The first-order chi connectivity index (χ1) is 7.72. The minimum Gasteiger partial charge on any atom is -0.458 e. The van der Waals surface area contributed by atoms with E-state index in [0.29, 0.717) is 0 Å². The molecule has 96 valence electrons. The van der Waals surface area contributed by atoms with Crippen molar-refractivity contribution in [3.8, 4) is 0 Å². The number of hydrogen-bond acceptors (Lipinski definition) is 4. The van der Waals surface area contributed by atoms with Crippen molar-refractivity contribution in [3.05, 3.63) is 24.3 Å². The Bertz CT molecular complexity index is 348. The number of hydrogen-bond donors (Lipinski definition) is 0. The molecule has 0 aromatic rings. The predicted molar refractivity (Wildman–Crippen MR) is 65.8 cm³/mol. The maximum absolute atomic E-state index is 11.4. The van der Waals surface area contributed by atoms with Crippen molar-refractivity contribution < 1.29 is 19.1 Å². The van der Waals surface area contributed by atoms with Crippen molar-refractivity contribution in [2.24, 2.45) is 0 Å². The highest BCUT2D eigenvalue weighted by Gasteiger charge is 2.30. The molecule has 5 heteroatoms. The Kier molecular flexibility index (Phi) is 5.96. The van der Waals surface area contributed by atoms with Gasteiger partial charge in [0.2, 0.25) is 0 Å². The molecule has 1 unspecified atom stereocenters. The SMILES string of the molecule is C=C(C)C(=O)OCC(C)(CCl)OC(=O)C(=C)C. The van der Waals surface area contributed by atoms with Gasteiger partial charge in [-0.05, 0) is 20.8 Å².